The van der Waals surface area contributed by atoms with Crippen LogP contribution in [0.3, 0.4) is 0 Å². The third kappa shape index (κ3) is 5.55. The molecule has 13 heteroatoms. The summed E-state index contributed by atoms with van der Waals surface area (Å²) >= 11 is 6.09. The minimum absolute atomic E-state index is 0.0798. The van der Waals surface area contributed by atoms with Gasteiger partial charge in [0.1, 0.15) is 6.54 Å². The summed E-state index contributed by atoms with van der Waals surface area (Å²) in [6.07, 6.45) is -3.48. The zero-order chi connectivity index (χ0) is 25.9. The van der Waals surface area contributed by atoms with Crippen LogP contribution in [0.2, 0.25) is 5.02 Å². The van der Waals surface area contributed by atoms with E-state index in [1.54, 1.807) is 24.3 Å². The fourth-order valence-electron chi connectivity index (χ4n) is 3.24. The third-order valence-electron chi connectivity index (χ3n) is 4.96. The van der Waals surface area contributed by atoms with Crippen LogP contribution in [-0.4, -0.2) is 33.9 Å². The molecule has 0 radical (unpaired) electrons. The van der Waals surface area contributed by atoms with Gasteiger partial charge in [-0.05, 0) is 54.1 Å². The van der Waals surface area contributed by atoms with Gasteiger partial charge in [-0.1, -0.05) is 29.8 Å². The molecule has 1 heterocycles. The number of rotatable bonds is 7. The molecule has 0 atom stereocenters. The molecule has 0 fully saturated rings. The molecule has 3 aromatic carbocycles. The number of carbonyl (C=O) groups excluding carboxylic acids is 1. The lowest BCUT2D eigenvalue weighted by atomic mass is 10.2. The summed E-state index contributed by atoms with van der Waals surface area (Å²) in [4.78, 5) is 12.4. The smallest absolute Gasteiger partial charge is 0.416 e. The molecule has 1 aliphatic rings. The number of benzene rings is 3. The predicted octanol–water partition coefficient (Wildman–Crippen LogP) is 4.43. The van der Waals surface area contributed by atoms with E-state index in [1.807, 2.05) is 0 Å². The van der Waals surface area contributed by atoms with Gasteiger partial charge in [-0.25, -0.2) is 13.8 Å². The molecule has 0 saturated carbocycles. The molecule has 0 unspecified atom stereocenters. The average Bonchev–Trinajstić information content (AvgIpc) is 3.31. The molecule has 1 aliphatic heterocycles. The molecule has 188 valence electrons. The number of carbonyl (C=O) groups is 1. The lowest BCUT2D eigenvalue weighted by Gasteiger charge is -2.25. The first-order chi connectivity index (χ1) is 17.1. The van der Waals surface area contributed by atoms with Gasteiger partial charge in [-0.15, -0.1) is 0 Å². The zero-order valence-corrected chi connectivity index (χ0v) is 19.8. The topological polar surface area (TPSA) is 97.3 Å². The number of sulfonamides is 1. The normalized spacial score (nSPS) is 13.1. The summed E-state index contributed by atoms with van der Waals surface area (Å²) in [5.74, 6) is 0.125. The molecule has 0 bridgehead atoms. The molecular formula is C23H17ClF3N3O5S. The quantitative estimate of drug-likeness (QED) is 0.354. The van der Waals surface area contributed by atoms with E-state index in [4.69, 9.17) is 21.1 Å². The van der Waals surface area contributed by atoms with Crippen LogP contribution in [0.1, 0.15) is 11.1 Å². The minimum Gasteiger partial charge on any atom is -0.454 e. The van der Waals surface area contributed by atoms with Crippen LogP contribution in [0, 0.1) is 0 Å². The Hall–Kier alpha value is -3.77. The number of fused-ring (bicyclic) bond motifs is 1. The van der Waals surface area contributed by atoms with Gasteiger partial charge in [0.2, 0.25) is 6.79 Å². The van der Waals surface area contributed by atoms with Crippen molar-refractivity contribution in [2.24, 2.45) is 5.10 Å². The second-order valence-corrected chi connectivity index (χ2v) is 9.66. The molecule has 36 heavy (non-hydrogen) atoms. The van der Waals surface area contributed by atoms with E-state index in [0.717, 1.165) is 12.1 Å². The SMILES string of the molecule is O=C(CN(c1cc(C(F)(F)F)ccc1Cl)S(=O)(=O)c1ccccc1)N/N=C\c1ccc2c(c1)OCO2. The van der Waals surface area contributed by atoms with Gasteiger partial charge in [0.25, 0.3) is 15.9 Å². The molecule has 1 amide bonds. The first-order valence-electron chi connectivity index (χ1n) is 10.2. The van der Waals surface area contributed by atoms with Crippen molar-refractivity contribution in [3.63, 3.8) is 0 Å². The first-order valence-corrected chi connectivity index (χ1v) is 12.0. The summed E-state index contributed by atoms with van der Waals surface area (Å²) in [6, 6.07) is 14.1. The van der Waals surface area contributed by atoms with Gasteiger partial charge in [-0.2, -0.15) is 18.3 Å². The molecule has 0 spiro atoms. The van der Waals surface area contributed by atoms with Crippen LogP contribution in [-0.2, 0) is 21.0 Å². The number of amides is 1. The highest BCUT2D eigenvalue weighted by atomic mass is 35.5. The number of anilines is 1. The molecule has 1 N–H and O–H groups in total. The summed E-state index contributed by atoms with van der Waals surface area (Å²) < 4.78 is 77.6. The number of hydrazone groups is 1. The lowest BCUT2D eigenvalue weighted by Crippen LogP contribution is -2.40. The Balaban J connectivity index is 1.61. The fourth-order valence-corrected chi connectivity index (χ4v) is 4.96. The average molecular weight is 540 g/mol. The summed E-state index contributed by atoms with van der Waals surface area (Å²) in [7, 11) is -4.48. The number of halogens is 4. The first kappa shape index (κ1) is 25.3. The predicted molar refractivity (Wildman–Crippen MR) is 126 cm³/mol. The van der Waals surface area contributed by atoms with E-state index in [0.29, 0.717) is 27.4 Å². The molecule has 0 aliphatic carbocycles. The Morgan fingerprint density at radius 3 is 2.50 bits per heavy atom. The van der Waals surface area contributed by atoms with Gasteiger partial charge >= 0.3 is 6.18 Å². The number of nitrogens with zero attached hydrogens (tertiary/aromatic N) is 2. The van der Waals surface area contributed by atoms with E-state index < -0.39 is 39.9 Å². The van der Waals surface area contributed by atoms with Crippen LogP contribution in [0.5, 0.6) is 11.5 Å². The van der Waals surface area contributed by atoms with E-state index in [2.05, 4.69) is 10.5 Å². The highest BCUT2D eigenvalue weighted by molar-refractivity contribution is 7.92. The van der Waals surface area contributed by atoms with Gasteiger partial charge in [-0.3, -0.25) is 9.10 Å². The molecule has 0 aromatic heterocycles. The Morgan fingerprint density at radius 2 is 1.78 bits per heavy atom. The van der Waals surface area contributed by atoms with Crippen LogP contribution in [0.15, 0.2) is 76.7 Å². The van der Waals surface area contributed by atoms with Gasteiger partial charge in [0.05, 0.1) is 27.4 Å². The number of alkyl halides is 3. The number of hydrogen-bond donors (Lipinski definition) is 1. The van der Waals surface area contributed by atoms with E-state index >= 15 is 0 Å². The second kappa shape index (κ2) is 10.1. The highest BCUT2D eigenvalue weighted by Gasteiger charge is 2.34. The lowest BCUT2D eigenvalue weighted by molar-refractivity contribution is -0.137. The van der Waals surface area contributed by atoms with Crippen molar-refractivity contribution < 1.29 is 35.9 Å². The van der Waals surface area contributed by atoms with Crippen molar-refractivity contribution >= 4 is 39.4 Å². The number of ether oxygens (including phenoxy) is 2. The minimum atomic E-state index is -4.77. The van der Waals surface area contributed by atoms with Crippen LogP contribution in [0.4, 0.5) is 18.9 Å². The maximum absolute atomic E-state index is 13.3. The van der Waals surface area contributed by atoms with E-state index in [-0.39, 0.29) is 16.7 Å². The van der Waals surface area contributed by atoms with Crippen molar-refractivity contribution in [3.05, 3.63) is 82.9 Å². The van der Waals surface area contributed by atoms with E-state index in [9.17, 15) is 26.4 Å². The fraction of sp³-hybridized carbons (Fsp3) is 0.130. The van der Waals surface area contributed by atoms with Crippen molar-refractivity contribution in [2.75, 3.05) is 17.6 Å². The van der Waals surface area contributed by atoms with Gasteiger partial charge in [0, 0.05) is 0 Å². The molecule has 4 rings (SSSR count). The summed E-state index contributed by atoms with van der Waals surface area (Å²) in [5.41, 5.74) is 1.09. The Bertz CT molecular complexity index is 1420. The Kier molecular flexibility index (Phi) is 7.09. The monoisotopic (exact) mass is 539 g/mol. The van der Waals surface area contributed by atoms with Crippen LogP contribution >= 0.6 is 11.6 Å². The Morgan fingerprint density at radius 1 is 1.06 bits per heavy atom. The molecule has 3 aromatic rings. The third-order valence-corrected chi connectivity index (χ3v) is 7.05. The maximum atomic E-state index is 13.3. The number of nitrogens with one attached hydrogen (secondary N) is 1. The van der Waals surface area contributed by atoms with Crippen molar-refractivity contribution in [2.45, 2.75) is 11.1 Å². The highest BCUT2D eigenvalue weighted by Crippen LogP contribution is 2.37. The maximum Gasteiger partial charge on any atom is 0.416 e. The van der Waals surface area contributed by atoms with Crippen LogP contribution < -0.4 is 19.2 Å². The summed E-state index contributed by atoms with van der Waals surface area (Å²) in [5, 5.41) is 3.50. The summed E-state index contributed by atoms with van der Waals surface area (Å²) in [6.45, 7) is -0.812. The second-order valence-electron chi connectivity index (χ2n) is 7.39. The van der Waals surface area contributed by atoms with Gasteiger partial charge < -0.3 is 9.47 Å². The zero-order valence-electron chi connectivity index (χ0n) is 18.2. The molecular weight excluding hydrogens is 523 g/mol. The number of hydrogen-bond acceptors (Lipinski definition) is 6. The molecule has 8 nitrogen and oxygen atoms in total. The largest absolute Gasteiger partial charge is 0.454 e. The molecule has 0 saturated heterocycles. The van der Waals surface area contributed by atoms with Crippen molar-refractivity contribution in [1.82, 2.24) is 5.43 Å². The van der Waals surface area contributed by atoms with Crippen molar-refractivity contribution in [1.29, 1.82) is 0 Å². The van der Waals surface area contributed by atoms with Crippen molar-refractivity contribution in [3.8, 4) is 11.5 Å². The van der Waals surface area contributed by atoms with E-state index in [1.165, 1.54) is 30.5 Å². The Labute approximate surface area is 208 Å². The van der Waals surface area contributed by atoms with Crippen LogP contribution in [0.25, 0.3) is 0 Å². The van der Waals surface area contributed by atoms with Gasteiger partial charge in [0.15, 0.2) is 11.5 Å². The standard InChI is InChI=1S/C23H17ClF3N3O5S/c24-18-8-7-16(23(25,26)27)11-19(18)30(36(32,33)17-4-2-1-3-5-17)13-22(31)29-28-12-15-6-9-20-21(10-15)35-14-34-20/h1-12H,13-14H2,(H,29,31)/b28-12-.